The molecule has 5 nitrogen and oxygen atoms in total. The van der Waals surface area contributed by atoms with Gasteiger partial charge in [-0.1, -0.05) is 12.2 Å². The molecule has 0 atom stereocenters. The Balaban J connectivity index is 2.01. The molecular formula is C10H14N4OS2. The monoisotopic (exact) mass is 270 g/mol. The lowest BCUT2D eigenvalue weighted by Crippen LogP contribution is -2.30. The Kier molecular flexibility index (Phi) is 4.01. The summed E-state index contributed by atoms with van der Waals surface area (Å²) in [6.07, 6.45) is 3.39. The highest BCUT2D eigenvalue weighted by Crippen LogP contribution is 2.13. The molecule has 0 unspecified atom stereocenters. The highest BCUT2D eigenvalue weighted by molar-refractivity contribution is 7.85. The fraction of sp³-hybridized carbons (Fsp3) is 0.500. The van der Waals surface area contributed by atoms with Crippen LogP contribution in [0.5, 0.6) is 0 Å². The molecule has 1 aromatic rings. The minimum atomic E-state index is -0.652. The van der Waals surface area contributed by atoms with Crippen molar-refractivity contribution in [3.63, 3.8) is 0 Å². The first-order valence-corrected chi connectivity index (χ1v) is 7.29. The van der Waals surface area contributed by atoms with Crippen molar-refractivity contribution in [2.24, 2.45) is 5.73 Å². The molecule has 3 N–H and O–H groups in total. The predicted octanol–water partition coefficient (Wildman–Crippen LogP) is 0.434. The topological polar surface area (TPSA) is 80.9 Å². The van der Waals surface area contributed by atoms with E-state index in [2.05, 4.69) is 15.3 Å². The fourth-order valence-electron chi connectivity index (χ4n) is 1.69. The zero-order valence-corrected chi connectivity index (χ0v) is 10.9. The fourth-order valence-corrected chi connectivity index (χ4v) is 3.10. The van der Waals surface area contributed by atoms with Gasteiger partial charge < -0.3 is 11.1 Å². The van der Waals surface area contributed by atoms with Gasteiger partial charge in [0.15, 0.2) is 0 Å². The predicted molar refractivity (Wildman–Crippen MR) is 72.4 cm³/mol. The van der Waals surface area contributed by atoms with Gasteiger partial charge in [-0.25, -0.2) is 9.97 Å². The van der Waals surface area contributed by atoms with Crippen LogP contribution >= 0.6 is 12.2 Å². The van der Waals surface area contributed by atoms with Crippen LogP contribution in [0.25, 0.3) is 0 Å². The summed E-state index contributed by atoms with van der Waals surface area (Å²) >= 11 is 4.86. The van der Waals surface area contributed by atoms with Crippen molar-refractivity contribution in [2.75, 3.05) is 16.8 Å². The molecule has 0 radical (unpaired) electrons. The largest absolute Gasteiger partial charge is 0.388 e. The lowest BCUT2D eigenvalue weighted by atomic mass is 10.2. The Bertz CT molecular complexity index is 442. The zero-order valence-electron chi connectivity index (χ0n) is 9.26. The molecule has 1 aliphatic heterocycles. The van der Waals surface area contributed by atoms with Crippen molar-refractivity contribution < 1.29 is 4.21 Å². The van der Waals surface area contributed by atoms with Crippen LogP contribution in [-0.2, 0) is 10.8 Å². The van der Waals surface area contributed by atoms with Crippen molar-refractivity contribution in [3.05, 3.63) is 18.0 Å². The van der Waals surface area contributed by atoms with E-state index in [0.717, 1.165) is 24.3 Å². The zero-order chi connectivity index (χ0) is 12.3. The number of rotatable bonds is 3. The summed E-state index contributed by atoms with van der Waals surface area (Å²) in [5, 5.41) is 3.22. The quantitative estimate of drug-likeness (QED) is 0.776. The van der Waals surface area contributed by atoms with Crippen LogP contribution in [-0.4, -0.2) is 36.7 Å². The van der Waals surface area contributed by atoms with E-state index in [-0.39, 0.29) is 11.0 Å². The summed E-state index contributed by atoms with van der Waals surface area (Å²) < 4.78 is 11.2. The molecule has 2 rings (SSSR count). The maximum Gasteiger partial charge on any atom is 0.223 e. The van der Waals surface area contributed by atoms with Gasteiger partial charge in [0.25, 0.3) is 0 Å². The highest BCUT2D eigenvalue weighted by atomic mass is 32.2. The molecule has 17 heavy (non-hydrogen) atoms. The minimum Gasteiger partial charge on any atom is -0.388 e. The van der Waals surface area contributed by atoms with Gasteiger partial charge >= 0.3 is 0 Å². The Hall–Kier alpha value is -1.08. The van der Waals surface area contributed by atoms with Crippen molar-refractivity contribution in [1.29, 1.82) is 0 Å². The summed E-state index contributed by atoms with van der Waals surface area (Å²) in [6, 6.07) is 1.97. The molecule has 92 valence electrons. The number of hydrogen-bond donors (Lipinski definition) is 2. The molecule has 0 spiro atoms. The highest BCUT2D eigenvalue weighted by Gasteiger charge is 2.18. The van der Waals surface area contributed by atoms with E-state index in [1.807, 2.05) is 0 Å². The number of nitrogens with two attached hydrogens (primary N) is 1. The summed E-state index contributed by atoms with van der Waals surface area (Å²) in [5.41, 5.74) is 6.07. The summed E-state index contributed by atoms with van der Waals surface area (Å²) in [5.74, 6) is 2.02. The van der Waals surface area contributed by atoms with Gasteiger partial charge in [-0.15, -0.1) is 0 Å². The smallest absolute Gasteiger partial charge is 0.223 e. The molecule has 1 saturated heterocycles. The molecule has 1 aromatic heterocycles. The van der Waals surface area contributed by atoms with Gasteiger partial charge in [-0.3, -0.25) is 4.21 Å². The molecule has 1 fully saturated rings. The number of nitrogens with zero attached hydrogens (tertiary/aromatic N) is 2. The number of thiocarbonyl (C=S) groups is 1. The Morgan fingerprint density at radius 1 is 1.53 bits per heavy atom. The first-order valence-electron chi connectivity index (χ1n) is 5.39. The summed E-state index contributed by atoms with van der Waals surface area (Å²) in [7, 11) is -0.652. The molecule has 0 aliphatic carbocycles. The second-order valence-electron chi connectivity index (χ2n) is 3.90. The van der Waals surface area contributed by atoms with E-state index in [1.54, 1.807) is 12.3 Å². The summed E-state index contributed by atoms with van der Waals surface area (Å²) in [4.78, 5) is 8.61. The van der Waals surface area contributed by atoms with E-state index in [9.17, 15) is 4.21 Å². The van der Waals surface area contributed by atoms with E-state index in [0.29, 0.717) is 11.6 Å². The van der Waals surface area contributed by atoms with Crippen LogP contribution in [0, 0.1) is 0 Å². The first-order chi connectivity index (χ1) is 8.15. The maximum absolute atomic E-state index is 11.2. The van der Waals surface area contributed by atoms with Gasteiger partial charge in [0.1, 0.15) is 10.7 Å². The number of anilines is 1. The first kappa shape index (κ1) is 12.4. The third-order valence-electron chi connectivity index (χ3n) is 2.63. The third kappa shape index (κ3) is 3.44. The van der Waals surface area contributed by atoms with E-state index >= 15 is 0 Å². The van der Waals surface area contributed by atoms with Crippen molar-refractivity contribution >= 4 is 34.0 Å². The van der Waals surface area contributed by atoms with Crippen molar-refractivity contribution in [2.45, 2.75) is 18.9 Å². The van der Waals surface area contributed by atoms with Gasteiger partial charge in [0.2, 0.25) is 5.95 Å². The molecule has 0 amide bonds. The average molecular weight is 270 g/mol. The molecule has 2 heterocycles. The standard InChI is InChI=1S/C10H14N4OS2/c11-9(16)8-1-4-12-10(14-8)13-7-2-5-17(15)6-3-7/h1,4,7H,2-3,5-6H2,(H2,11,16)(H,12,13,14). The van der Waals surface area contributed by atoms with Gasteiger partial charge in [-0.05, 0) is 18.9 Å². The van der Waals surface area contributed by atoms with Crippen LogP contribution in [0.15, 0.2) is 12.3 Å². The van der Waals surface area contributed by atoms with Crippen LogP contribution in [0.4, 0.5) is 5.95 Å². The van der Waals surface area contributed by atoms with Crippen molar-refractivity contribution in [1.82, 2.24) is 9.97 Å². The SMILES string of the molecule is NC(=S)c1ccnc(NC2CCS(=O)CC2)n1. The van der Waals surface area contributed by atoms with Gasteiger partial charge in [-0.2, -0.15) is 0 Å². The van der Waals surface area contributed by atoms with Crippen LogP contribution in [0.3, 0.4) is 0 Å². The van der Waals surface area contributed by atoms with Gasteiger partial charge in [0.05, 0.1) is 0 Å². The normalized spacial score (nSPS) is 24.2. The lowest BCUT2D eigenvalue weighted by molar-refractivity contribution is 0.620. The van der Waals surface area contributed by atoms with Crippen LogP contribution in [0.1, 0.15) is 18.5 Å². The molecule has 0 saturated carbocycles. The molecule has 0 bridgehead atoms. The molecular weight excluding hydrogens is 256 g/mol. The second kappa shape index (κ2) is 5.50. The van der Waals surface area contributed by atoms with Crippen LogP contribution < -0.4 is 11.1 Å². The van der Waals surface area contributed by atoms with E-state index in [4.69, 9.17) is 18.0 Å². The van der Waals surface area contributed by atoms with E-state index in [1.165, 1.54) is 0 Å². The average Bonchev–Trinajstić information content (AvgIpc) is 2.32. The van der Waals surface area contributed by atoms with Crippen LogP contribution in [0.2, 0.25) is 0 Å². The number of aromatic nitrogens is 2. The number of hydrogen-bond acceptors (Lipinski definition) is 5. The third-order valence-corrected chi connectivity index (χ3v) is 4.22. The van der Waals surface area contributed by atoms with E-state index < -0.39 is 10.8 Å². The lowest BCUT2D eigenvalue weighted by Gasteiger charge is -2.22. The number of nitrogens with one attached hydrogen (secondary N) is 1. The minimum absolute atomic E-state index is 0.264. The molecule has 1 aliphatic rings. The second-order valence-corrected chi connectivity index (χ2v) is 6.03. The Morgan fingerprint density at radius 3 is 2.88 bits per heavy atom. The molecule has 0 aromatic carbocycles. The van der Waals surface area contributed by atoms with Gasteiger partial charge in [0, 0.05) is 34.5 Å². The Morgan fingerprint density at radius 2 is 2.24 bits per heavy atom. The molecule has 7 heteroatoms. The maximum atomic E-state index is 11.2. The van der Waals surface area contributed by atoms with Crippen molar-refractivity contribution in [3.8, 4) is 0 Å². The summed E-state index contributed by atoms with van der Waals surface area (Å²) in [6.45, 7) is 0. The Labute approximate surface area is 108 Å².